The summed E-state index contributed by atoms with van der Waals surface area (Å²) in [5, 5.41) is 9.74. The topological polar surface area (TPSA) is 23.5 Å². The van der Waals surface area contributed by atoms with E-state index in [2.05, 4.69) is 11.8 Å². The molecule has 1 fully saturated rings. The number of aliphatic hydroxyl groups is 1. The third-order valence-electron chi connectivity index (χ3n) is 3.61. The molecule has 0 aromatic heterocycles. The van der Waals surface area contributed by atoms with Gasteiger partial charge < -0.3 is 10.0 Å². The first-order valence-electron chi connectivity index (χ1n) is 6.38. The summed E-state index contributed by atoms with van der Waals surface area (Å²) >= 11 is 0. The van der Waals surface area contributed by atoms with Crippen molar-refractivity contribution in [1.29, 1.82) is 0 Å². The number of benzene rings is 1. The van der Waals surface area contributed by atoms with Crippen molar-refractivity contribution in [3.8, 4) is 0 Å². The van der Waals surface area contributed by atoms with Gasteiger partial charge in [-0.2, -0.15) is 0 Å². The van der Waals surface area contributed by atoms with Crippen LogP contribution in [-0.4, -0.2) is 17.7 Å². The van der Waals surface area contributed by atoms with Crippen LogP contribution in [0, 0.1) is 5.82 Å². The van der Waals surface area contributed by atoms with Crippen LogP contribution in [-0.2, 0) is 0 Å². The summed E-state index contributed by atoms with van der Waals surface area (Å²) in [6.07, 6.45) is 2.61. The molecule has 1 aliphatic heterocycles. The number of rotatable bonds is 3. The van der Waals surface area contributed by atoms with Gasteiger partial charge >= 0.3 is 0 Å². The third kappa shape index (κ3) is 2.29. The molecule has 94 valence electrons. The number of nitrogens with zero attached hydrogens (tertiary/aromatic N) is 1. The quantitative estimate of drug-likeness (QED) is 0.872. The molecular formula is C14H20FNO. The first-order chi connectivity index (χ1) is 8.15. The summed E-state index contributed by atoms with van der Waals surface area (Å²) in [4.78, 5) is 2.24. The van der Waals surface area contributed by atoms with Gasteiger partial charge in [-0.25, -0.2) is 4.39 Å². The zero-order valence-electron chi connectivity index (χ0n) is 10.5. The highest BCUT2D eigenvalue weighted by Gasteiger charge is 2.27. The van der Waals surface area contributed by atoms with E-state index in [9.17, 15) is 9.50 Å². The van der Waals surface area contributed by atoms with Crippen molar-refractivity contribution < 1.29 is 9.50 Å². The molecule has 0 spiro atoms. The van der Waals surface area contributed by atoms with Gasteiger partial charge in [0.25, 0.3) is 0 Å². The molecule has 0 aliphatic carbocycles. The van der Waals surface area contributed by atoms with Crippen molar-refractivity contribution in [2.24, 2.45) is 0 Å². The second kappa shape index (κ2) is 5.05. The van der Waals surface area contributed by atoms with Gasteiger partial charge in [-0.05, 0) is 38.3 Å². The van der Waals surface area contributed by atoms with Crippen LogP contribution in [0.3, 0.4) is 0 Å². The monoisotopic (exact) mass is 237 g/mol. The summed E-state index contributed by atoms with van der Waals surface area (Å²) in [7, 11) is 0. The van der Waals surface area contributed by atoms with Gasteiger partial charge in [0.05, 0.1) is 6.10 Å². The SMILES string of the molecule is CCC1CCCN1c1cccc(F)c1[C@@H](C)O. The Balaban J connectivity index is 2.40. The van der Waals surface area contributed by atoms with Crippen LogP contribution in [0.5, 0.6) is 0 Å². The zero-order valence-corrected chi connectivity index (χ0v) is 10.5. The average molecular weight is 237 g/mol. The maximum absolute atomic E-state index is 13.8. The predicted octanol–water partition coefficient (Wildman–Crippen LogP) is 3.26. The van der Waals surface area contributed by atoms with Gasteiger partial charge in [0.2, 0.25) is 0 Å². The van der Waals surface area contributed by atoms with Crippen LogP contribution in [0.25, 0.3) is 0 Å². The van der Waals surface area contributed by atoms with Gasteiger partial charge in [-0.15, -0.1) is 0 Å². The minimum atomic E-state index is -0.760. The Hall–Kier alpha value is -1.09. The van der Waals surface area contributed by atoms with Crippen molar-refractivity contribution >= 4 is 5.69 Å². The Kier molecular flexibility index (Phi) is 3.67. The number of hydrogen-bond donors (Lipinski definition) is 1. The average Bonchev–Trinajstić information content (AvgIpc) is 2.75. The highest BCUT2D eigenvalue weighted by Crippen LogP contribution is 2.34. The molecule has 2 nitrogen and oxygen atoms in total. The fourth-order valence-electron chi connectivity index (χ4n) is 2.77. The van der Waals surface area contributed by atoms with Crippen molar-refractivity contribution in [3.63, 3.8) is 0 Å². The fourth-order valence-corrected chi connectivity index (χ4v) is 2.77. The molecule has 0 radical (unpaired) electrons. The summed E-state index contributed by atoms with van der Waals surface area (Å²) in [6.45, 7) is 4.74. The minimum Gasteiger partial charge on any atom is -0.389 e. The molecule has 2 atom stereocenters. The van der Waals surface area contributed by atoms with E-state index >= 15 is 0 Å². The molecule has 17 heavy (non-hydrogen) atoms. The van der Waals surface area contributed by atoms with E-state index < -0.39 is 6.10 Å². The first kappa shape index (κ1) is 12.4. The van der Waals surface area contributed by atoms with Crippen molar-refractivity contribution in [3.05, 3.63) is 29.6 Å². The number of hydrogen-bond acceptors (Lipinski definition) is 2. The Morgan fingerprint density at radius 1 is 1.53 bits per heavy atom. The largest absolute Gasteiger partial charge is 0.389 e. The lowest BCUT2D eigenvalue weighted by Crippen LogP contribution is -2.29. The van der Waals surface area contributed by atoms with E-state index in [1.165, 1.54) is 6.07 Å². The van der Waals surface area contributed by atoms with Crippen LogP contribution in [0.2, 0.25) is 0 Å². The predicted molar refractivity (Wildman–Crippen MR) is 67.7 cm³/mol. The van der Waals surface area contributed by atoms with Crippen LogP contribution in [0.1, 0.15) is 44.8 Å². The summed E-state index contributed by atoms with van der Waals surface area (Å²) < 4.78 is 13.8. The standard InChI is InChI=1S/C14H20FNO/c1-3-11-6-5-9-16(11)13-8-4-7-12(15)14(13)10(2)17/h4,7-8,10-11,17H,3,5-6,9H2,1-2H3/t10-,11?/m1/s1. The van der Waals surface area contributed by atoms with Crippen LogP contribution >= 0.6 is 0 Å². The van der Waals surface area contributed by atoms with E-state index in [4.69, 9.17) is 0 Å². The minimum absolute atomic E-state index is 0.306. The Labute approximate surface area is 102 Å². The molecule has 3 heteroatoms. The molecule has 0 saturated carbocycles. The molecular weight excluding hydrogens is 217 g/mol. The Morgan fingerprint density at radius 2 is 2.29 bits per heavy atom. The molecule has 1 aliphatic rings. The third-order valence-corrected chi connectivity index (χ3v) is 3.61. The fraction of sp³-hybridized carbons (Fsp3) is 0.571. The normalized spacial score (nSPS) is 21.9. The van der Waals surface area contributed by atoms with E-state index in [1.807, 2.05) is 6.07 Å². The van der Waals surface area contributed by atoms with Gasteiger partial charge in [-0.3, -0.25) is 0 Å². The lowest BCUT2D eigenvalue weighted by molar-refractivity contribution is 0.194. The molecule has 1 N–H and O–H groups in total. The molecule has 1 saturated heterocycles. The van der Waals surface area contributed by atoms with E-state index in [0.717, 1.165) is 31.5 Å². The van der Waals surface area contributed by atoms with Crippen LogP contribution in [0.4, 0.5) is 10.1 Å². The maximum atomic E-state index is 13.8. The molecule has 0 bridgehead atoms. The molecule has 0 amide bonds. The second-order valence-corrected chi connectivity index (χ2v) is 4.75. The number of aliphatic hydroxyl groups excluding tert-OH is 1. The highest BCUT2D eigenvalue weighted by molar-refractivity contribution is 5.56. The zero-order chi connectivity index (χ0) is 12.4. The number of halogens is 1. The van der Waals surface area contributed by atoms with Crippen molar-refractivity contribution in [2.75, 3.05) is 11.4 Å². The van der Waals surface area contributed by atoms with E-state index in [1.54, 1.807) is 13.0 Å². The van der Waals surface area contributed by atoms with Crippen LogP contribution in [0.15, 0.2) is 18.2 Å². The lowest BCUT2D eigenvalue weighted by atomic mass is 10.0. The second-order valence-electron chi connectivity index (χ2n) is 4.75. The van der Waals surface area contributed by atoms with Crippen molar-refractivity contribution in [1.82, 2.24) is 0 Å². The van der Waals surface area contributed by atoms with Crippen LogP contribution < -0.4 is 4.90 Å². The lowest BCUT2D eigenvalue weighted by Gasteiger charge is -2.29. The van der Waals surface area contributed by atoms with Gasteiger partial charge in [0, 0.05) is 23.8 Å². The molecule has 1 heterocycles. The Bertz CT molecular complexity index is 392. The van der Waals surface area contributed by atoms with Gasteiger partial charge in [0.1, 0.15) is 5.82 Å². The summed E-state index contributed by atoms with van der Waals surface area (Å²) in [6, 6.07) is 5.54. The molecule has 1 unspecified atom stereocenters. The summed E-state index contributed by atoms with van der Waals surface area (Å²) in [5.41, 5.74) is 1.30. The highest BCUT2D eigenvalue weighted by atomic mass is 19.1. The molecule has 1 aromatic rings. The smallest absolute Gasteiger partial charge is 0.131 e. The first-order valence-corrected chi connectivity index (χ1v) is 6.38. The van der Waals surface area contributed by atoms with Crippen molar-refractivity contribution in [2.45, 2.75) is 45.3 Å². The van der Waals surface area contributed by atoms with E-state index in [-0.39, 0.29) is 5.82 Å². The maximum Gasteiger partial charge on any atom is 0.131 e. The summed E-state index contributed by atoms with van der Waals surface area (Å²) in [5.74, 6) is -0.306. The molecule has 2 rings (SSSR count). The van der Waals surface area contributed by atoms with Gasteiger partial charge in [0.15, 0.2) is 0 Å². The van der Waals surface area contributed by atoms with E-state index in [0.29, 0.717) is 11.6 Å². The Morgan fingerprint density at radius 3 is 2.94 bits per heavy atom. The van der Waals surface area contributed by atoms with Gasteiger partial charge in [-0.1, -0.05) is 13.0 Å². The molecule has 1 aromatic carbocycles. The number of anilines is 1.